The second kappa shape index (κ2) is 2.59. The number of aromatic nitrogens is 1. The monoisotopic (exact) mass is 203 g/mol. The van der Waals surface area contributed by atoms with Gasteiger partial charge in [-0.1, -0.05) is 34.8 Å². The predicted molar refractivity (Wildman–Crippen MR) is 40.7 cm³/mol. The van der Waals surface area contributed by atoms with Crippen LogP contribution in [0.15, 0.2) is 6.20 Å². The zero-order valence-corrected chi connectivity index (χ0v) is 7.06. The van der Waals surface area contributed by atoms with Gasteiger partial charge in [-0.2, -0.15) is 0 Å². The zero-order valence-electron chi connectivity index (χ0n) is 4.04. The molecule has 0 unspecified atom stereocenters. The first-order valence-electron chi connectivity index (χ1n) is 2.01. The second-order valence-corrected chi connectivity index (χ2v) is 2.90. The summed E-state index contributed by atoms with van der Waals surface area (Å²) in [5, 5.41) is 0.883. The lowest BCUT2D eigenvalue weighted by atomic mass is 10.7. The van der Waals surface area contributed by atoms with Crippen LogP contribution in [0.3, 0.4) is 0 Å². The lowest BCUT2D eigenvalue weighted by molar-refractivity contribution is 1.27. The number of hydrogen-bond donors (Lipinski definition) is 0. The molecule has 0 aliphatic heterocycles. The molecule has 1 aromatic rings. The first-order valence-corrected chi connectivity index (χ1v) is 3.48. The van der Waals surface area contributed by atoms with Crippen LogP contribution in [0.5, 0.6) is 0 Å². The number of halogens is 4. The molecular formula is C4HCl4N. The van der Waals surface area contributed by atoms with Crippen LogP contribution in [0, 0.1) is 0 Å². The summed E-state index contributed by atoms with van der Waals surface area (Å²) < 4.78 is 1.13. The average molecular weight is 205 g/mol. The highest BCUT2D eigenvalue weighted by molar-refractivity contribution is 6.49. The molecule has 1 heterocycles. The van der Waals surface area contributed by atoms with Gasteiger partial charge in [-0.05, 0) is 0 Å². The van der Waals surface area contributed by atoms with Gasteiger partial charge in [0.05, 0.1) is 10.0 Å². The van der Waals surface area contributed by atoms with E-state index in [0.717, 1.165) is 4.09 Å². The van der Waals surface area contributed by atoms with E-state index in [1.807, 2.05) is 0 Å². The van der Waals surface area contributed by atoms with Crippen LogP contribution in [0.4, 0.5) is 0 Å². The number of hydrogen-bond acceptors (Lipinski definition) is 0. The van der Waals surface area contributed by atoms with Crippen molar-refractivity contribution in [1.82, 2.24) is 4.09 Å². The Labute approximate surface area is 72.2 Å². The number of rotatable bonds is 0. The topological polar surface area (TPSA) is 4.93 Å². The first kappa shape index (κ1) is 7.55. The molecule has 5 heteroatoms. The van der Waals surface area contributed by atoms with Crippen molar-refractivity contribution < 1.29 is 0 Å². The van der Waals surface area contributed by atoms with Crippen LogP contribution in [0.2, 0.25) is 15.2 Å². The maximum Gasteiger partial charge on any atom is 0.143 e. The minimum absolute atomic E-state index is 0.239. The van der Waals surface area contributed by atoms with Gasteiger partial charge in [0, 0.05) is 18.0 Å². The molecule has 0 fully saturated rings. The minimum atomic E-state index is 0.239. The van der Waals surface area contributed by atoms with Gasteiger partial charge in [0.2, 0.25) is 0 Å². The lowest BCUT2D eigenvalue weighted by Gasteiger charge is -1.85. The summed E-state index contributed by atoms with van der Waals surface area (Å²) in [7, 11) is 0. The van der Waals surface area contributed by atoms with E-state index in [2.05, 4.69) is 0 Å². The molecule has 1 rings (SSSR count). The summed E-state index contributed by atoms with van der Waals surface area (Å²) in [5.41, 5.74) is 0. The summed E-state index contributed by atoms with van der Waals surface area (Å²) in [6, 6.07) is 0. The van der Waals surface area contributed by atoms with Crippen LogP contribution in [-0.4, -0.2) is 4.09 Å². The Bertz CT molecular complexity index is 206. The van der Waals surface area contributed by atoms with Gasteiger partial charge in [0.15, 0.2) is 0 Å². The van der Waals surface area contributed by atoms with Crippen LogP contribution >= 0.6 is 46.6 Å². The van der Waals surface area contributed by atoms with Gasteiger partial charge < -0.3 is 0 Å². The fraction of sp³-hybridized carbons (Fsp3) is 0. The highest BCUT2D eigenvalue weighted by Gasteiger charge is 2.07. The molecule has 0 saturated heterocycles. The Morgan fingerprint density at radius 2 is 1.78 bits per heavy atom. The summed E-state index contributed by atoms with van der Waals surface area (Å²) >= 11 is 22.0. The molecule has 0 N–H and O–H groups in total. The molecule has 0 bridgehead atoms. The van der Waals surface area contributed by atoms with Gasteiger partial charge in [0.1, 0.15) is 5.15 Å². The first-order chi connectivity index (χ1) is 4.13. The van der Waals surface area contributed by atoms with Crippen molar-refractivity contribution in [2.75, 3.05) is 0 Å². The van der Waals surface area contributed by atoms with Crippen LogP contribution in [-0.2, 0) is 0 Å². The van der Waals surface area contributed by atoms with E-state index in [-0.39, 0.29) is 10.2 Å². The molecular weight excluding hydrogens is 204 g/mol. The molecule has 50 valence electrons. The molecule has 1 nitrogen and oxygen atoms in total. The third-order valence-corrected chi connectivity index (χ3v) is 2.39. The quantitative estimate of drug-likeness (QED) is 0.610. The van der Waals surface area contributed by atoms with E-state index in [1.54, 1.807) is 0 Å². The van der Waals surface area contributed by atoms with Gasteiger partial charge in [-0.15, -0.1) is 0 Å². The molecule has 1 aromatic heterocycles. The normalized spacial score (nSPS) is 10.2. The smallest absolute Gasteiger partial charge is 0.143 e. The van der Waals surface area contributed by atoms with Gasteiger partial charge >= 0.3 is 0 Å². The lowest BCUT2D eigenvalue weighted by Crippen LogP contribution is -1.71. The van der Waals surface area contributed by atoms with E-state index in [1.165, 1.54) is 6.20 Å². The van der Waals surface area contributed by atoms with Crippen molar-refractivity contribution >= 4 is 46.6 Å². The van der Waals surface area contributed by atoms with Gasteiger partial charge in [0.25, 0.3) is 0 Å². The fourth-order valence-corrected chi connectivity index (χ4v) is 1.21. The Morgan fingerprint density at radius 3 is 1.89 bits per heavy atom. The standard InChI is InChI=1S/C4HCl4N/c5-2-1-9(8)4(7)3(2)6/h1H. The summed E-state index contributed by atoms with van der Waals surface area (Å²) in [6.45, 7) is 0. The Balaban J connectivity index is 3.29. The minimum Gasteiger partial charge on any atom is -0.247 e. The molecule has 0 spiro atoms. The van der Waals surface area contributed by atoms with Crippen LogP contribution < -0.4 is 0 Å². The van der Waals surface area contributed by atoms with E-state index >= 15 is 0 Å². The van der Waals surface area contributed by atoms with Crippen LogP contribution in [0.1, 0.15) is 0 Å². The Morgan fingerprint density at radius 1 is 1.22 bits per heavy atom. The molecule has 0 saturated carbocycles. The predicted octanol–water partition coefficient (Wildman–Crippen LogP) is 3.45. The Hall–Kier alpha value is 0.440. The number of nitrogens with zero attached hydrogens (tertiary/aromatic N) is 1. The molecule has 9 heavy (non-hydrogen) atoms. The van der Waals surface area contributed by atoms with Crippen molar-refractivity contribution in [3.05, 3.63) is 21.4 Å². The van der Waals surface area contributed by atoms with Crippen molar-refractivity contribution in [3.8, 4) is 0 Å². The fourth-order valence-electron chi connectivity index (χ4n) is 0.405. The largest absolute Gasteiger partial charge is 0.247 e. The summed E-state index contributed by atoms with van der Waals surface area (Å²) in [5.74, 6) is 0. The van der Waals surface area contributed by atoms with Gasteiger partial charge in [-0.25, -0.2) is 4.09 Å². The van der Waals surface area contributed by atoms with E-state index < -0.39 is 0 Å². The third-order valence-electron chi connectivity index (χ3n) is 0.805. The SMILES string of the molecule is Clc1cn(Cl)c(Cl)c1Cl. The third kappa shape index (κ3) is 1.30. The van der Waals surface area contributed by atoms with Crippen molar-refractivity contribution in [2.45, 2.75) is 0 Å². The highest BCUT2D eigenvalue weighted by atomic mass is 35.5. The van der Waals surface area contributed by atoms with Crippen molar-refractivity contribution in [3.63, 3.8) is 0 Å². The van der Waals surface area contributed by atoms with Crippen LogP contribution in [0.25, 0.3) is 0 Å². The van der Waals surface area contributed by atoms with E-state index in [9.17, 15) is 0 Å². The second-order valence-electron chi connectivity index (χ2n) is 1.39. The molecule has 0 atom stereocenters. The van der Waals surface area contributed by atoms with Gasteiger partial charge in [-0.3, -0.25) is 0 Å². The van der Waals surface area contributed by atoms with E-state index in [0.29, 0.717) is 5.02 Å². The highest BCUT2D eigenvalue weighted by Crippen LogP contribution is 2.31. The van der Waals surface area contributed by atoms with E-state index in [4.69, 9.17) is 46.6 Å². The maximum absolute atomic E-state index is 5.53. The molecule has 0 aromatic carbocycles. The summed E-state index contributed by atoms with van der Waals surface area (Å²) in [4.78, 5) is 0. The van der Waals surface area contributed by atoms with Crippen molar-refractivity contribution in [2.24, 2.45) is 0 Å². The summed E-state index contributed by atoms with van der Waals surface area (Å²) in [6.07, 6.45) is 1.42. The Kier molecular flexibility index (Phi) is 2.17. The molecule has 0 amide bonds. The zero-order chi connectivity index (χ0) is 7.02. The molecule has 0 aliphatic rings. The molecule has 0 radical (unpaired) electrons. The molecule has 0 aliphatic carbocycles. The maximum atomic E-state index is 5.53. The van der Waals surface area contributed by atoms with Crippen molar-refractivity contribution in [1.29, 1.82) is 0 Å². The average Bonchev–Trinajstić information content (AvgIpc) is 1.98.